The van der Waals surface area contributed by atoms with Crippen molar-refractivity contribution in [3.63, 3.8) is 0 Å². The average Bonchev–Trinajstić information content (AvgIpc) is 2.72. The van der Waals surface area contributed by atoms with Crippen LogP contribution in [0, 0.1) is 5.82 Å². The van der Waals surface area contributed by atoms with Crippen LogP contribution in [0.4, 0.5) is 10.1 Å². The number of amides is 1. The van der Waals surface area contributed by atoms with Crippen molar-refractivity contribution in [2.75, 3.05) is 12.3 Å². The Labute approximate surface area is 121 Å². The first-order valence-electron chi connectivity index (χ1n) is 6.35. The minimum absolute atomic E-state index is 0.0434. The molecule has 5 heteroatoms. The van der Waals surface area contributed by atoms with Gasteiger partial charge in [-0.15, -0.1) is 17.9 Å². The molecule has 0 radical (unpaired) electrons. The average molecular weight is 292 g/mol. The Hall–Kier alpha value is -1.88. The number of hydrogen-bond acceptors (Lipinski definition) is 3. The largest absolute Gasteiger partial charge is 0.397 e. The molecule has 0 atom stereocenters. The van der Waals surface area contributed by atoms with Gasteiger partial charge in [0.25, 0.3) is 5.91 Å². The van der Waals surface area contributed by atoms with E-state index in [-0.39, 0.29) is 17.8 Å². The van der Waals surface area contributed by atoms with Crippen LogP contribution in [-0.4, -0.2) is 23.4 Å². The van der Waals surface area contributed by atoms with Crippen LogP contribution in [0.15, 0.2) is 30.9 Å². The van der Waals surface area contributed by atoms with Gasteiger partial charge >= 0.3 is 0 Å². The van der Waals surface area contributed by atoms with Crippen molar-refractivity contribution >= 4 is 33.0 Å². The van der Waals surface area contributed by atoms with Gasteiger partial charge in [-0.3, -0.25) is 4.79 Å². The van der Waals surface area contributed by atoms with Crippen molar-refractivity contribution in [2.24, 2.45) is 0 Å². The molecule has 20 heavy (non-hydrogen) atoms. The van der Waals surface area contributed by atoms with Gasteiger partial charge in [-0.25, -0.2) is 4.39 Å². The zero-order chi connectivity index (χ0) is 14.9. The predicted molar refractivity (Wildman–Crippen MR) is 82.6 cm³/mol. The molecule has 1 aromatic heterocycles. The van der Waals surface area contributed by atoms with Crippen LogP contribution >= 0.6 is 11.3 Å². The van der Waals surface area contributed by atoms with Gasteiger partial charge in [-0.1, -0.05) is 6.08 Å². The van der Waals surface area contributed by atoms with Crippen molar-refractivity contribution in [2.45, 2.75) is 19.9 Å². The smallest absolute Gasteiger partial charge is 0.266 e. The van der Waals surface area contributed by atoms with E-state index in [1.165, 1.54) is 23.5 Å². The Morgan fingerprint density at radius 1 is 1.55 bits per heavy atom. The predicted octanol–water partition coefficient (Wildman–Crippen LogP) is 3.66. The molecule has 0 aliphatic heterocycles. The van der Waals surface area contributed by atoms with E-state index in [2.05, 4.69) is 6.58 Å². The molecule has 0 saturated heterocycles. The zero-order valence-electron chi connectivity index (χ0n) is 11.5. The highest BCUT2D eigenvalue weighted by atomic mass is 32.1. The lowest BCUT2D eigenvalue weighted by Gasteiger charge is -2.24. The molecular formula is C15H17FN2OS. The quantitative estimate of drug-likeness (QED) is 0.874. The number of hydrogen-bond donors (Lipinski definition) is 1. The number of benzene rings is 1. The van der Waals surface area contributed by atoms with E-state index >= 15 is 0 Å². The molecular weight excluding hydrogens is 275 g/mol. The number of rotatable bonds is 4. The molecule has 0 saturated carbocycles. The lowest BCUT2D eigenvalue weighted by atomic mass is 10.2. The van der Waals surface area contributed by atoms with Crippen LogP contribution in [0.1, 0.15) is 23.5 Å². The van der Waals surface area contributed by atoms with Crippen molar-refractivity contribution in [1.82, 2.24) is 4.90 Å². The van der Waals surface area contributed by atoms with E-state index in [1.807, 2.05) is 13.8 Å². The third kappa shape index (κ3) is 2.54. The maximum atomic E-state index is 13.3. The van der Waals surface area contributed by atoms with Gasteiger partial charge in [0.05, 0.1) is 5.69 Å². The Morgan fingerprint density at radius 2 is 2.25 bits per heavy atom. The maximum Gasteiger partial charge on any atom is 0.266 e. The molecule has 0 unspecified atom stereocenters. The number of anilines is 1. The van der Waals surface area contributed by atoms with Crippen LogP contribution in [0.5, 0.6) is 0 Å². The number of thiophene rings is 1. The Kier molecular flexibility index (Phi) is 4.09. The highest BCUT2D eigenvalue weighted by Gasteiger charge is 2.23. The topological polar surface area (TPSA) is 46.3 Å². The number of nitrogen functional groups attached to an aromatic ring is 1. The first-order valence-corrected chi connectivity index (χ1v) is 7.16. The summed E-state index contributed by atoms with van der Waals surface area (Å²) in [4.78, 5) is 14.7. The number of halogens is 1. The Balaban J connectivity index is 2.49. The van der Waals surface area contributed by atoms with Gasteiger partial charge in [0.15, 0.2) is 0 Å². The monoisotopic (exact) mass is 292 g/mol. The summed E-state index contributed by atoms with van der Waals surface area (Å²) < 4.78 is 14.1. The second-order valence-electron chi connectivity index (χ2n) is 4.83. The number of fused-ring (bicyclic) bond motifs is 1. The number of nitrogens with zero attached hydrogens (tertiary/aromatic N) is 1. The summed E-state index contributed by atoms with van der Waals surface area (Å²) in [5, 5.41) is 0.598. The SMILES string of the molecule is C=CCN(C(=O)c1sc2ccc(F)cc2c1N)C(C)C. The van der Waals surface area contributed by atoms with E-state index in [9.17, 15) is 9.18 Å². The van der Waals surface area contributed by atoms with Crippen molar-refractivity contribution in [3.8, 4) is 0 Å². The molecule has 3 nitrogen and oxygen atoms in total. The van der Waals surface area contributed by atoms with Crippen LogP contribution in [0.2, 0.25) is 0 Å². The van der Waals surface area contributed by atoms with Gasteiger partial charge in [0, 0.05) is 22.7 Å². The summed E-state index contributed by atoms with van der Waals surface area (Å²) in [6, 6.07) is 4.43. The minimum Gasteiger partial charge on any atom is -0.397 e. The normalized spacial score (nSPS) is 11.0. The lowest BCUT2D eigenvalue weighted by Crippen LogP contribution is -2.36. The molecule has 0 fully saturated rings. The first-order chi connectivity index (χ1) is 9.45. The number of carbonyl (C=O) groups excluding carboxylic acids is 1. The molecule has 0 spiro atoms. The van der Waals surface area contributed by atoms with Gasteiger partial charge in [0.1, 0.15) is 10.7 Å². The molecule has 2 N–H and O–H groups in total. The van der Waals surface area contributed by atoms with E-state index < -0.39 is 0 Å². The number of carbonyl (C=O) groups is 1. The van der Waals surface area contributed by atoms with Crippen LogP contribution in [0.3, 0.4) is 0 Å². The van der Waals surface area contributed by atoms with E-state index in [0.717, 1.165) is 4.70 Å². The third-order valence-corrected chi connectivity index (χ3v) is 4.27. The Bertz CT molecular complexity index is 663. The van der Waals surface area contributed by atoms with E-state index in [0.29, 0.717) is 22.5 Å². The Morgan fingerprint density at radius 3 is 2.85 bits per heavy atom. The summed E-state index contributed by atoms with van der Waals surface area (Å²) in [5.74, 6) is -0.494. The van der Waals surface area contributed by atoms with Crippen molar-refractivity contribution in [1.29, 1.82) is 0 Å². The van der Waals surface area contributed by atoms with E-state index in [4.69, 9.17) is 5.73 Å². The highest BCUT2D eigenvalue weighted by Crippen LogP contribution is 2.35. The molecule has 0 bridgehead atoms. The second-order valence-corrected chi connectivity index (χ2v) is 5.88. The van der Waals surface area contributed by atoms with Gasteiger partial charge < -0.3 is 10.6 Å². The standard InChI is InChI=1S/C15H17FN2OS/c1-4-7-18(9(2)3)15(19)14-13(17)11-8-10(16)5-6-12(11)20-14/h4-6,8-9H,1,7,17H2,2-3H3. The van der Waals surface area contributed by atoms with E-state index in [1.54, 1.807) is 17.0 Å². The molecule has 0 aliphatic rings. The maximum absolute atomic E-state index is 13.3. The molecule has 2 aromatic rings. The fourth-order valence-corrected chi connectivity index (χ4v) is 3.10. The molecule has 1 heterocycles. The molecule has 106 valence electrons. The fourth-order valence-electron chi connectivity index (χ4n) is 2.05. The molecule has 1 aromatic carbocycles. The third-order valence-electron chi connectivity index (χ3n) is 3.09. The summed E-state index contributed by atoms with van der Waals surface area (Å²) in [5.41, 5.74) is 6.36. The fraction of sp³-hybridized carbons (Fsp3) is 0.267. The zero-order valence-corrected chi connectivity index (χ0v) is 12.3. The van der Waals surface area contributed by atoms with Crippen LogP contribution in [0.25, 0.3) is 10.1 Å². The second kappa shape index (κ2) is 5.63. The number of nitrogens with two attached hydrogens (primary N) is 1. The minimum atomic E-state index is -0.354. The summed E-state index contributed by atoms with van der Waals surface area (Å²) in [6.07, 6.45) is 1.68. The summed E-state index contributed by atoms with van der Waals surface area (Å²) >= 11 is 1.30. The van der Waals surface area contributed by atoms with Gasteiger partial charge in [-0.2, -0.15) is 0 Å². The van der Waals surface area contributed by atoms with Gasteiger partial charge in [-0.05, 0) is 32.0 Å². The lowest BCUT2D eigenvalue weighted by molar-refractivity contribution is 0.0735. The molecule has 2 rings (SSSR count). The van der Waals surface area contributed by atoms with Crippen LogP contribution in [-0.2, 0) is 0 Å². The molecule has 0 aliphatic carbocycles. The molecule has 1 amide bonds. The van der Waals surface area contributed by atoms with Gasteiger partial charge in [0.2, 0.25) is 0 Å². The highest BCUT2D eigenvalue weighted by molar-refractivity contribution is 7.21. The van der Waals surface area contributed by atoms with Crippen LogP contribution < -0.4 is 5.73 Å². The van der Waals surface area contributed by atoms with Crippen molar-refractivity contribution in [3.05, 3.63) is 41.5 Å². The first kappa shape index (κ1) is 14.5. The van der Waals surface area contributed by atoms with Crippen molar-refractivity contribution < 1.29 is 9.18 Å². The summed E-state index contributed by atoms with van der Waals surface area (Å²) in [7, 11) is 0. The summed E-state index contributed by atoms with van der Waals surface area (Å²) in [6.45, 7) is 7.99.